The fourth-order valence-corrected chi connectivity index (χ4v) is 3.23. The van der Waals surface area contributed by atoms with Crippen LogP contribution < -0.4 is 0 Å². The van der Waals surface area contributed by atoms with Crippen molar-refractivity contribution < 1.29 is 9.59 Å². The van der Waals surface area contributed by atoms with Crippen molar-refractivity contribution in [1.82, 2.24) is 25.1 Å². The van der Waals surface area contributed by atoms with Crippen molar-refractivity contribution >= 4 is 11.8 Å². The Kier molecular flexibility index (Phi) is 4.50. The van der Waals surface area contributed by atoms with Crippen LogP contribution in [0, 0.1) is 6.92 Å². The number of rotatable bonds is 6. The number of nitrogens with zero attached hydrogens (tertiary/aromatic N) is 5. The van der Waals surface area contributed by atoms with Gasteiger partial charge in [-0.1, -0.05) is 36.4 Å². The minimum absolute atomic E-state index is 0.212. The van der Waals surface area contributed by atoms with E-state index in [2.05, 4.69) is 15.4 Å². The van der Waals surface area contributed by atoms with Gasteiger partial charge in [0.25, 0.3) is 11.8 Å². The van der Waals surface area contributed by atoms with Gasteiger partial charge in [-0.25, -0.2) is 0 Å². The van der Waals surface area contributed by atoms with Gasteiger partial charge in [0.05, 0.1) is 17.7 Å². The van der Waals surface area contributed by atoms with E-state index in [9.17, 15) is 9.59 Å². The molecule has 4 rings (SSSR count). The molecule has 3 aromatic rings. The molecular weight excluding hydrogens is 342 g/mol. The molecule has 0 unspecified atom stereocenters. The number of hydrogen-bond donors (Lipinski definition) is 0. The van der Waals surface area contributed by atoms with E-state index in [1.54, 1.807) is 29.1 Å². The molecule has 0 fully saturated rings. The van der Waals surface area contributed by atoms with Gasteiger partial charge in [-0.15, -0.1) is 10.2 Å². The van der Waals surface area contributed by atoms with Crippen molar-refractivity contribution in [1.29, 1.82) is 0 Å². The van der Waals surface area contributed by atoms with Crippen LogP contribution in [0.1, 0.15) is 39.1 Å². The van der Waals surface area contributed by atoms with Crippen LogP contribution >= 0.6 is 0 Å². The fourth-order valence-electron chi connectivity index (χ4n) is 3.23. The van der Waals surface area contributed by atoms with Gasteiger partial charge < -0.3 is 0 Å². The number of unbranched alkanes of at least 4 members (excludes halogenated alkanes) is 1. The van der Waals surface area contributed by atoms with Gasteiger partial charge in [0, 0.05) is 12.1 Å². The summed E-state index contributed by atoms with van der Waals surface area (Å²) in [4.78, 5) is 27.5. The summed E-state index contributed by atoms with van der Waals surface area (Å²) in [5.41, 5.74) is 3.05. The molecule has 2 aromatic carbocycles. The average molecular weight is 361 g/mol. The maximum Gasteiger partial charge on any atom is 0.261 e. The molecule has 0 spiro atoms. The highest BCUT2D eigenvalue weighted by atomic mass is 16.2. The Labute approximate surface area is 156 Å². The van der Waals surface area contributed by atoms with Crippen molar-refractivity contribution in [3.63, 3.8) is 0 Å². The zero-order chi connectivity index (χ0) is 18.8. The van der Waals surface area contributed by atoms with Crippen LogP contribution in [0.25, 0.3) is 11.4 Å². The predicted molar refractivity (Wildman–Crippen MR) is 99.0 cm³/mol. The Bertz CT molecular complexity index is 976. The molecule has 1 aliphatic heterocycles. The fraction of sp³-hybridized carbons (Fsp3) is 0.250. The molecule has 1 aromatic heterocycles. The molecule has 0 bridgehead atoms. The molecule has 1 aliphatic rings. The zero-order valence-corrected chi connectivity index (χ0v) is 15.0. The Morgan fingerprint density at radius 1 is 0.815 bits per heavy atom. The van der Waals surface area contributed by atoms with Gasteiger partial charge in [0.2, 0.25) is 5.82 Å². The molecule has 27 heavy (non-hydrogen) atoms. The summed E-state index contributed by atoms with van der Waals surface area (Å²) < 4.78 is 0. The first-order chi connectivity index (χ1) is 13.1. The lowest BCUT2D eigenvalue weighted by atomic mass is 10.1. The van der Waals surface area contributed by atoms with Gasteiger partial charge in [-0.3, -0.25) is 14.5 Å². The topological polar surface area (TPSA) is 81.0 Å². The number of tetrazole rings is 1. The molecule has 2 heterocycles. The van der Waals surface area contributed by atoms with E-state index in [0.29, 0.717) is 36.5 Å². The largest absolute Gasteiger partial charge is 0.274 e. The highest BCUT2D eigenvalue weighted by molar-refractivity contribution is 6.21. The molecule has 7 heteroatoms. The molecule has 136 valence electrons. The Hall–Kier alpha value is -3.35. The first-order valence-corrected chi connectivity index (χ1v) is 8.94. The van der Waals surface area contributed by atoms with E-state index < -0.39 is 0 Å². The van der Waals surface area contributed by atoms with Crippen molar-refractivity contribution in [2.75, 3.05) is 6.54 Å². The summed E-state index contributed by atoms with van der Waals surface area (Å²) in [6, 6.07) is 14.8. The van der Waals surface area contributed by atoms with Gasteiger partial charge in [-0.05, 0) is 42.7 Å². The van der Waals surface area contributed by atoms with Crippen LogP contribution in [-0.2, 0) is 6.54 Å². The number of aromatic nitrogens is 4. The summed E-state index contributed by atoms with van der Waals surface area (Å²) in [6.07, 6.45) is 1.43. The van der Waals surface area contributed by atoms with Crippen LogP contribution in [0.4, 0.5) is 0 Å². The standard InChI is InChI=1S/C20H19N5O2/c1-14-8-2-3-9-15(14)18-21-23-25(22-18)13-7-6-12-24-19(26)16-10-4-5-11-17(16)20(24)27/h2-5,8-11H,6-7,12-13H2,1H3. The molecule has 0 saturated carbocycles. The molecule has 0 radical (unpaired) electrons. The lowest BCUT2D eigenvalue weighted by molar-refractivity contribution is 0.0651. The molecule has 0 atom stereocenters. The number of carbonyl (C=O) groups excluding carboxylic acids is 2. The minimum atomic E-state index is -0.212. The van der Waals surface area contributed by atoms with Gasteiger partial charge >= 0.3 is 0 Å². The number of amides is 2. The minimum Gasteiger partial charge on any atom is -0.274 e. The maximum absolute atomic E-state index is 12.3. The summed E-state index contributed by atoms with van der Waals surface area (Å²) >= 11 is 0. The number of aryl methyl sites for hydroxylation is 2. The van der Waals surface area contributed by atoms with Crippen LogP contribution in [0.5, 0.6) is 0 Å². The lowest BCUT2D eigenvalue weighted by Gasteiger charge is -2.13. The van der Waals surface area contributed by atoms with Gasteiger partial charge in [-0.2, -0.15) is 4.80 Å². The normalized spacial score (nSPS) is 13.3. The maximum atomic E-state index is 12.3. The molecule has 2 amide bonds. The third-order valence-corrected chi connectivity index (χ3v) is 4.71. The Morgan fingerprint density at radius 2 is 1.41 bits per heavy atom. The summed E-state index contributed by atoms with van der Waals surface area (Å²) in [5, 5.41) is 12.6. The van der Waals surface area contributed by atoms with Crippen molar-refractivity contribution in [3.05, 3.63) is 65.2 Å². The molecular formula is C20H19N5O2. The molecule has 7 nitrogen and oxygen atoms in total. The zero-order valence-electron chi connectivity index (χ0n) is 15.0. The second kappa shape index (κ2) is 7.11. The Morgan fingerprint density at radius 3 is 2.07 bits per heavy atom. The van der Waals surface area contributed by atoms with Gasteiger partial charge in [0.1, 0.15) is 0 Å². The molecule has 0 aliphatic carbocycles. The van der Waals surface area contributed by atoms with Crippen LogP contribution in [0.3, 0.4) is 0 Å². The SMILES string of the molecule is Cc1ccccc1-c1nnn(CCCCN2C(=O)c3ccccc3C2=O)n1. The number of carbonyl (C=O) groups is 2. The lowest BCUT2D eigenvalue weighted by Crippen LogP contribution is -2.30. The quantitative estimate of drug-likeness (QED) is 0.498. The summed E-state index contributed by atoms with van der Waals surface area (Å²) in [6.45, 7) is 2.99. The van der Waals surface area contributed by atoms with Crippen LogP contribution in [0.2, 0.25) is 0 Å². The summed E-state index contributed by atoms with van der Waals surface area (Å²) in [7, 11) is 0. The number of hydrogen-bond acceptors (Lipinski definition) is 5. The van der Waals surface area contributed by atoms with E-state index in [4.69, 9.17) is 0 Å². The van der Waals surface area contributed by atoms with Crippen molar-refractivity contribution in [2.24, 2.45) is 0 Å². The van der Waals surface area contributed by atoms with Crippen LogP contribution in [0.15, 0.2) is 48.5 Å². The predicted octanol–water partition coefficient (Wildman–Crippen LogP) is 2.72. The number of benzene rings is 2. The smallest absolute Gasteiger partial charge is 0.261 e. The highest BCUT2D eigenvalue weighted by Gasteiger charge is 2.34. The third-order valence-electron chi connectivity index (χ3n) is 4.71. The van der Waals surface area contributed by atoms with E-state index in [1.165, 1.54) is 4.90 Å². The third kappa shape index (κ3) is 3.23. The monoisotopic (exact) mass is 361 g/mol. The van der Waals surface area contributed by atoms with E-state index in [1.807, 2.05) is 31.2 Å². The van der Waals surface area contributed by atoms with E-state index in [-0.39, 0.29) is 11.8 Å². The van der Waals surface area contributed by atoms with E-state index >= 15 is 0 Å². The first kappa shape index (κ1) is 17.1. The summed E-state index contributed by atoms with van der Waals surface area (Å²) in [5.74, 6) is 0.182. The van der Waals surface area contributed by atoms with Crippen molar-refractivity contribution in [3.8, 4) is 11.4 Å². The molecule has 0 saturated heterocycles. The first-order valence-electron chi connectivity index (χ1n) is 8.94. The van der Waals surface area contributed by atoms with Crippen LogP contribution in [-0.4, -0.2) is 43.5 Å². The average Bonchev–Trinajstić information content (AvgIpc) is 3.24. The number of imide groups is 1. The number of fused-ring (bicyclic) bond motifs is 1. The van der Waals surface area contributed by atoms with Crippen molar-refractivity contribution in [2.45, 2.75) is 26.3 Å². The molecule has 0 N–H and O–H groups in total. The second-order valence-corrected chi connectivity index (χ2v) is 6.54. The highest BCUT2D eigenvalue weighted by Crippen LogP contribution is 2.22. The Balaban J connectivity index is 1.32. The second-order valence-electron chi connectivity index (χ2n) is 6.54. The van der Waals surface area contributed by atoms with Gasteiger partial charge in [0.15, 0.2) is 0 Å². The van der Waals surface area contributed by atoms with E-state index in [0.717, 1.165) is 17.5 Å².